The second-order valence-electron chi connectivity index (χ2n) is 9.65. The summed E-state index contributed by atoms with van der Waals surface area (Å²) >= 11 is 0. The monoisotopic (exact) mass is 553 g/mol. The van der Waals surface area contributed by atoms with Crippen LogP contribution in [0.4, 0.5) is 27.8 Å². The smallest absolute Gasteiger partial charge is 0.418 e. The number of likely N-dealkylation sites (tertiary alicyclic amines) is 1. The summed E-state index contributed by atoms with van der Waals surface area (Å²) in [7, 11) is 1.24. The summed E-state index contributed by atoms with van der Waals surface area (Å²) in [5.74, 6) is -2.19. The number of amides is 2. The number of aryl methyl sites for hydroxylation is 1. The average molecular weight is 553 g/mol. The Labute approximate surface area is 218 Å². The molecule has 10 nitrogen and oxygen atoms in total. The fourth-order valence-electron chi connectivity index (χ4n) is 4.93. The predicted octanol–water partition coefficient (Wildman–Crippen LogP) is 2.88. The zero-order valence-corrected chi connectivity index (χ0v) is 20.9. The first-order valence-electron chi connectivity index (χ1n) is 12.0. The van der Waals surface area contributed by atoms with E-state index in [-0.39, 0.29) is 54.3 Å². The van der Waals surface area contributed by atoms with E-state index in [0.29, 0.717) is 6.42 Å². The van der Waals surface area contributed by atoms with Gasteiger partial charge >= 0.3 is 6.18 Å². The Bertz CT molecular complexity index is 1470. The number of methoxy groups -OCH3 is 1. The van der Waals surface area contributed by atoms with E-state index in [2.05, 4.69) is 20.4 Å². The van der Waals surface area contributed by atoms with Gasteiger partial charge in [0.15, 0.2) is 11.5 Å². The quantitative estimate of drug-likeness (QED) is 0.465. The zero-order valence-electron chi connectivity index (χ0n) is 20.9. The van der Waals surface area contributed by atoms with Crippen molar-refractivity contribution in [3.8, 4) is 17.1 Å². The zero-order chi connectivity index (χ0) is 28.3. The molecule has 2 aliphatic rings. The van der Waals surface area contributed by atoms with Crippen molar-refractivity contribution in [2.45, 2.75) is 50.2 Å². The standard InChI is InChI=1S/C24H24F5N7O3/c1-11-12(17-7-14(24(27,28)29)18-19(30)31-10-32-36(17)18)6-13(21(33-11)39-2)20(37)34-16-9-35(8-15(16)25)22(38)23(26)4-3-5-23/h6-7,10,15-16H,3-5,8-9H2,1-2H3,(H,34,37)(H2,30,31,32)/t15-,16+/m0/s1. The summed E-state index contributed by atoms with van der Waals surface area (Å²) in [5, 5.41) is 6.39. The number of fused-ring (bicyclic) bond motifs is 1. The molecule has 2 atom stereocenters. The number of alkyl halides is 5. The van der Waals surface area contributed by atoms with Crippen molar-refractivity contribution in [2.24, 2.45) is 0 Å². The van der Waals surface area contributed by atoms with Crippen LogP contribution < -0.4 is 15.8 Å². The van der Waals surface area contributed by atoms with Crippen LogP contribution in [-0.2, 0) is 11.0 Å². The number of anilines is 1. The summed E-state index contributed by atoms with van der Waals surface area (Å²) in [6.45, 7) is 0.893. The number of nitrogens with one attached hydrogen (secondary N) is 1. The van der Waals surface area contributed by atoms with Crippen molar-refractivity contribution < 1.29 is 36.3 Å². The number of hydrogen-bond donors (Lipinski definition) is 2. The molecular formula is C24H24F5N7O3. The Morgan fingerprint density at radius 2 is 1.95 bits per heavy atom. The highest BCUT2D eigenvalue weighted by atomic mass is 19.4. The van der Waals surface area contributed by atoms with E-state index in [4.69, 9.17) is 10.5 Å². The second-order valence-corrected chi connectivity index (χ2v) is 9.65. The number of pyridine rings is 1. The van der Waals surface area contributed by atoms with Gasteiger partial charge < -0.3 is 20.7 Å². The van der Waals surface area contributed by atoms with Crippen LogP contribution in [0.2, 0.25) is 0 Å². The Morgan fingerprint density at radius 3 is 2.56 bits per heavy atom. The Morgan fingerprint density at radius 1 is 1.23 bits per heavy atom. The van der Waals surface area contributed by atoms with E-state index in [0.717, 1.165) is 21.8 Å². The number of nitrogen functional groups attached to an aromatic ring is 1. The Kier molecular flexibility index (Phi) is 6.34. The molecule has 1 aliphatic carbocycles. The van der Waals surface area contributed by atoms with E-state index in [1.54, 1.807) is 0 Å². The molecule has 208 valence electrons. The maximum absolute atomic E-state index is 14.8. The lowest BCUT2D eigenvalue weighted by atomic mass is 9.81. The van der Waals surface area contributed by atoms with Crippen molar-refractivity contribution in [1.82, 2.24) is 29.8 Å². The highest BCUT2D eigenvalue weighted by Gasteiger charge is 2.50. The van der Waals surface area contributed by atoms with Crippen LogP contribution in [0, 0.1) is 6.92 Å². The van der Waals surface area contributed by atoms with Crippen LogP contribution in [-0.4, -0.2) is 74.4 Å². The fraction of sp³-hybridized carbons (Fsp3) is 0.458. The van der Waals surface area contributed by atoms with Crippen molar-refractivity contribution in [2.75, 3.05) is 25.9 Å². The van der Waals surface area contributed by atoms with Crippen molar-refractivity contribution in [3.63, 3.8) is 0 Å². The lowest BCUT2D eigenvalue weighted by Crippen LogP contribution is -2.50. The van der Waals surface area contributed by atoms with Gasteiger partial charge in [-0.05, 0) is 38.3 Å². The summed E-state index contributed by atoms with van der Waals surface area (Å²) in [6, 6.07) is 0.939. The molecule has 4 heterocycles. The van der Waals surface area contributed by atoms with E-state index in [1.165, 1.54) is 20.1 Å². The number of carbonyl (C=O) groups excluding carboxylic acids is 2. The van der Waals surface area contributed by atoms with Gasteiger partial charge in [-0.1, -0.05) is 0 Å². The first-order valence-corrected chi connectivity index (χ1v) is 12.0. The van der Waals surface area contributed by atoms with Crippen molar-refractivity contribution in [1.29, 1.82) is 0 Å². The summed E-state index contributed by atoms with van der Waals surface area (Å²) in [4.78, 5) is 34.6. The van der Waals surface area contributed by atoms with Gasteiger partial charge in [0.25, 0.3) is 11.8 Å². The number of rotatable bonds is 5. The minimum atomic E-state index is -4.78. The van der Waals surface area contributed by atoms with Crippen LogP contribution >= 0.6 is 0 Å². The van der Waals surface area contributed by atoms with Crippen molar-refractivity contribution in [3.05, 3.63) is 35.3 Å². The first kappa shape index (κ1) is 26.6. The second kappa shape index (κ2) is 9.31. The molecule has 0 aromatic carbocycles. The van der Waals surface area contributed by atoms with Gasteiger partial charge in [-0.3, -0.25) is 9.59 Å². The lowest BCUT2D eigenvalue weighted by Gasteiger charge is -2.35. The molecule has 0 unspecified atom stereocenters. The molecule has 15 heteroatoms. The lowest BCUT2D eigenvalue weighted by molar-refractivity contribution is -0.149. The molecule has 0 radical (unpaired) electrons. The van der Waals surface area contributed by atoms with E-state index in [9.17, 15) is 31.5 Å². The molecule has 0 bridgehead atoms. The molecule has 2 amide bonds. The summed E-state index contributed by atoms with van der Waals surface area (Å²) in [5.41, 5.74) is 2.24. The fourth-order valence-corrected chi connectivity index (χ4v) is 4.93. The number of aromatic nitrogens is 4. The predicted molar refractivity (Wildman–Crippen MR) is 127 cm³/mol. The van der Waals surface area contributed by atoms with Gasteiger partial charge in [-0.15, -0.1) is 0 Å². The molecule has 3 N–H and O–H groups in total. The number of ether oxygens (including phenoxy) is 1. The van der Waals surface area contributed by atoms with Crippen molar-refractivity contribution >= 4 is 23.1 Å². The molecule has 5 rings (SSSR count). The molecule has 39 heavy (non-hydrogen) atoms. The van der Waals surface area contributed by atoms with Crippen LogP contribution in [0.1, 0.15) is 40.9 Å². The molecular weight excluding hydrogens is 529 g/mol. The highest BCUT2D eigenvalue weighted by Crippen LogP contribution is 2.40. The maximum Gasteiger partial charge on any atom is 0.418 e. The average Bonchev–Trinajstić information content (AvgIpc) is 3.43. The minimum absolute atomic E-state index is 0.0668. The molecule has 0 spiro atoms. The molecule has 1 saturated heterocycles. The van der Waals surface area contributed by atoms with Crippen LogP contribution in [0.3, 0.4) is 0 Å². The number of nitrogens with two attached hydrogens (primary N) is 1. The SMILES string of the molecule is COc1nc(C)c(-c2cc(C(F)(F)F)c3c(N)ncnn23)cc1C(=O)N[C@@H]1CN(C(=O)C2(F)CCC2)C[C@@H]1F. The van der Waals surface area contributed by atoms with Crippen LogP contribution in [0.5, 0.6) is 5.88 Å². The van der Waals surface area contributed by atoms with Gasteiger partial charge in [0.05, 0.1) is 36.6 Å². The Balaban J connectivity index is 1.48. The first-order chi connectivity index (χ1) is 18.3. The van der Waals surface area contributed by atoms with E-state index >= 15 is 0 Å². The van der Waals surface area contributed by atoms with Gasteiger partial charge in [-0.25, -0.2) is 23.3 Å². The Hall–Kier alpha value is -4.04. The summed E-state index contributed by atoms with van der Waals surface area (Å²) in [6.07, 6.45) is -4.73. The largest absolute Gasteiger partial charge is 0.480 e. The van der Waals surface area contributed by atoms with Gasteiger partial charge in [-0.2, -0.15) is 18.3 Å². The summed E-state index contributed by atoms with van der Waals surface area (Å²) < 4.78 is 76.9. The van der Waals surface area contributed by atoms with Crippen LogP contribution in [0.25, 0.3) is 16.8 Å². The third kappa shape index (κ3) is 4.48. The topological polar surface area (TPSA) is 128 Å². The number of halogens is 5. The molecule has 2 fully saturated rings. The number of hydrogen-bond acceptors (Lipinski definition) is 7. The molecule has 3 aromatic rings. The normalized spacial score (nSPS) is 20.6. The van der Waals surface area contributed by atoms with Crippen LogP contribution in [0.15, 0.2) is 18.5 Å². The van der Waals surface area contributed by atoms with Gasteiger partial charge in [0, 0.05) is 12.1 Å². The third-order valence-electron chi connectivity index (χ3n) is 7.16. The number of carbonyl (C=O) groups is 2. The minimum Gasteiger partial charge on any atom is -0.480 e. The van der Waals surface area contributed by atoms with E-state index < -0.39 is 52.8 Å². The molecule has 1 aliphatic heterocycles. The highest BCUT2D eigenvalue weighted by molar-refractivity contribution is 5.98. The van der Waals surface area contributed by atoms with Gasteiger partial charge in [0.1, 0.15) is 23.6 Å². The van der Waals surface area contributed by atoms with E-state index in [1.807, 2.05) is 0 Å². The third-order valence-corrected chi connectivity index (χ3v) is 7.16. The molecule has 1 saturated carbocycles. The number of nitrogens with zero attached hydrogens (tertiary/aromatic N) is 5. The maximum atomic E-state index is 14.8. The molecule has 3 aromatic heterocycles. The van der Waals surface area contributed by atoms with Gasteiger partial charge in [0.2, 0.25) is 5.88 Å².